The van der Waals surface area contributed by atoms with Crippen LogP contribution in [0.15, 0.2) is 18.5 Å². The third-order valence-electron chi connectivity index (χ3n) is 2.95. The molecular weight excluding hydrogens is 174 g/mol. The first kappa shape index (κ1) is 9.46. The molecule has 1 saturated heterocycles. The van der Waals surface area contributed by atoms with E-state index in [9.17, 15) is 0 Å². The van der Waals surface area contributed by atoms with Gasteiger partial charge in [-0.3, -0.25) is 4.98 Å². The van der Waals surface area contributed by atoms with E-state index >= 15 is 0 Å². The van der Waals surface area contributed by atoms with Crippen molar-refractivity contribution in [1.29, 1.82) is 0 Å². The molecular formula is C11H17N3. The summed E-state index contributed by atoms with van der Waals surface area (Å²) < 4.78 is 0. The molecule has 1 aromatic rings. The second-order valence-electron chi connectivity index (χ2n) is 3.88. The van der Waals surface area contributed by atoms with Crippen molar-refractivity contribution in [1.82, 2.24) is 10.3 Å². The summed E-state index contributed by atoms with van der Waals surface area (Å²) in [5, 5.41) is 3.32. The summed E-state index contributed by atoms with van der Waals surface area (Å²) in [5.74, 6) is 0. The Hall–Kier alpha value is -1.09. The predicted molar refractivity (Wildman–Crippen MR) is 58.7 cm³/mol. The van der Waals surface area contributed by atoms with Crippen LogP contribution in [0.25, 0.3) is 0 Å². The Bertz CT molecular complexity index is 311. The topological polar surface area (TPSA) is 28.2 Å². The lowest BCUT2D eigenvalue weighted by atomic mass is 10.2. The molecule has 1 aliphatic heterocycles. The largest absolute Gasteiger partial charge is 0.368 e. The van der Waals surface area contributed by atoms with E-state index in [0.717, 1.165) is 13.1 Å². The number of rotatable bonds is 2. The molecule has 0 saturated carbocycles. The highest BCUT2D eigenvalue weighted by atomic mass is 15.2. The van der Waals surface area contributed by atoms with E-state index in [0.29, 0.717) is 6.04 Å². The predicted octanol–water partition coefficient (Wildman–Crippen LogP) is 1.19. The molecule has 1 aromatic heterocycles. The first-order valence-corrected chi connectivity index (χ1v) is 5.14. The van der Waals surface area contributed by atoms with Crippen LogP contribution >= 0.6 is 0 Å². The zero-order valence-electron chi connectivity index (χ0n) is 8.83. The first-order chi connectivity index (χ1) is 6.81. The molecule has 1 fully saturated rings. The number of aromatic nitrogens is 1. The Morgan fingerprint density at radius 3 is 3.07 bits per heavy atom. The van der Waals surface area contributed by atoms with Crippen molar-refractivity contribution in [2.75, 3.05) is 25.0 Å². The van der Waals surface area contributed by atoms with Crippen molar-refractivity contribution >= 4 is 5.69 Å². The SMILES string of the molecule is CNC1CCN(c2cnccc2C)C1. The van der Waals surface area contributed by atoms with Crippen molar-refractivity contribution in [3.8, 4) is 0 Å². The molecule has 2 heterocycles. The normalized spacial score (nSPS) is 21.6. The third-order valence-corrected chi connectivity index (χ3v) is 2.95. The Morgan fingerprint density at radius 1 is 1.57 bits per heavy atom. The second-order valence-corrected chi connectivity index (χ2v) is 3.88. The standard InChI is InChI=1S/C11H17N3/c1-9-3-5-13-7-11(9)14-6-4-10(8-14)12-2/h3,5,7,10,12H,4,6,8H2,1-2H3. The Kier molecular flexibility index (Phi) is 2.68. The number of likely N-dealkylation sites (N-methyl/N-ethyl adjacent to an activating group) is 1. The van der Waals surface area contributed by atoms with Crippen molar-refractivity contribution in [3.63, 3.8) is 0 Å². The molecule has 3 nitrogen and oxygen atoms in total. The van der Waals surface area contributed by atoms with Gasteiger partial charge in [-0.05, 0) is 32.0 Å². The molecule has 76 valence electrons. The molecule has 1 atom stereocenters. The van der Waals surface area contributed by atoms with Crippen LogP contribution < -0.4 is 10.2 Å². The quantitative estimate of drug-likeness (QED) is 0.761. The van der Waals surface area contributed by atoms with Gasteiger partial charge in [-0.15, -0.1) is 0 Å². The van der Waals surface area contributed by atoms with E-state index in [-0.39, 0.29) is 0 Å². The highest BCUT2D eigenvalue weighted by molar-refractivity contribution is 5.51. The molecule has 3 heteroatoms. The van der Waals surface area contributed by atoms with Gasteiger partial charge in [0, 0.05) is 25.3 Å². The smallest absolute Gasteiger partial charge is 0.0582 e. The minimum Gasteiger partial charge on any atom is -0.368 e. The van der Waals surface area contributed by atoms with Crippen LogP contribution in [0.2, 0.25) is 0 Å². The average molecular weight is 191 g/mol. The van der Waals surface area contributed by atoms with Gasteiger partial charge < -0.3 is 10.2 Å². The molecule has 2 rings (SSSR count). The van der Waals surface area contributed by atoms with Crippen LogP contribution in [0.1, 0.15) is 12.0 Å². The number of anilines is 1. The summed E-state index contributed by atoms with van der Waals surface area (Å²) in [6.45, 7) is 4.38. The Balaban J connectivity index is 2.13. The van der Waals surface area contributed by atoms with Crippen LogP contribution in [0.5, 0.6) is 0 Å². The number of hydrogen-bond donors (Lipinski definition) is 1. The number of aryl methyl sites for hydroxylation is 1. The van der Waals surface area contributed by atoms with Crippen LogP contribution in [0.3, 0.4) is 0 Å². The minimum atomic E-state index is 0.634. The van der Waals surface area contributed by atoms with E-state index in [2.05, 4.69) is 28.2 Å². The second kappa shape index (κ2) is 3.96. The fraction of sp³-hybridized carbons (Fsp3) is 0.545. The van der Waals surface area contributed by atoms with Crippen molar-refractivity contribution < 1.29 is 0 Å². The van der Waals surface area contributed by atoms with Crippen LogP contribution in [0.4, 0.5) is 5.69 Å². The van der Waals surface area contributed by atoms with Crippen LogP contribution in [-0.4, -0.2) is 31.2 Å². The molecule has 1 unspecified atom stereocenters. The molecule has 14 heavy (non-hydrogen) atoms. The summed E-state index contributed by atoms with van der Waals surface area (Å²) in [5.41, 5.74) is 2.60. The summed E-state index contributed by atoms with van der Waals surface area (Å²) in [7, 11) is 2.03. The lowest BCUT2D eigenvalue weighted by molar-refractivity contribution is 0.617. The van der Waals surface area contributed by atoms with Crippen molar-refractivity contribution in [3.05, 3.63) is 24.0 Å². The van der Waals surface area contributed by atoms with Gasteiger partial charge in [0.25, 0.3) is 0 Å². The Morgan fingerprint density at radius 2 is 2.43 bits per heavy atom. The average Bonchev–Trinajstić information content (AvgIpc) is 2.67. The summed E-state index contributed by atoms with van der Waals surface area (Å²) in [4.78, 5) is 6.59. The van der Waals surface area contributed by atoms with Gasteiger partial charge in [0.1, 0.15) is 0 Å². The maximum atomic E-state index is 4.18. The number of nitrogens with zero attached hydrogens (tertiary/aromatic N) is 2. The minimum absolute atomic E-state index is 0.634. The van der Waals surface area contributed by atoms with E-state index in [4.69, 9.17) is 0 Å². The fourth-order valence-electron chi connectivity index (χ4n) is 2.00. The third kappa shape index (κ3) is 1.73. The van der Waals surface area contributed by atoms with Crippen molar-refractivity contribution in [2.45, 2.75) is 19.4 Å². The summed E-state index contributed by atoms with van der Waals surface area (Å²) in [6.07, 6.45) is 5.04. The summed E-state index contributed by atoms with van der Waals surface area (Å²) in [6, 6.07) is 2.71. The highest BCUT2D eigenvalue weighted by Gasteiger charge is 2.21. The molecule has 0 aliphatic carbocycles. The first-order valence-electron chi connectivity index (χ1n) is 5.14. The maximum absolute atomic E-state index is 4.18. The molecule has 1 N–H and O–H groups in total. The van der Waals surface area contributed by atoms with Crippen molar-refractivity contribution in [2.24, 2.45) is 0 Å². The molecule has 0 radical (unpaired) electrons. The zero-order chi connectivity index (χ0) is 9.97. The summed E-state index contributed by atoms with van der Waals surface area (Å²) >= 11 is 0. The molecule has 0 spiro atoms. The number of nitrogens with one attached hydrogen (secondary N) is 1. The van der Waals surface area contributed by atoms with Gasteiger partial charge in [-0.1, -0.05) is 0 Å². The maximum Gasteiger partial charge on any atom is 0.0582 e. The number of hydrogen-bond acceptors (Lipinski definition) is 3. The lowest BCUT2D eigenvalue weighted by Gasteiger charge is -2.20. The molecule has 0 amide bonds. The monoisotopic (exact) mass is 191 g/mol. The van der Waals surface area contributed by atoms with E-state index < -0.39 is 0 Å². The highest BCUT2D eigenvalue weighted by Crippen LogP contribution is 2.22. The van der Waals surface area contributed by atoms with E-state index in [1.165, 1.54) is 17.7 Å². The molecule has 0 bridgehead atoms. The lowest BCUT2D eigenvalue weighted by Crippen LogP contribution is -2.29. The zero-order valence-corrected chi connectivity index (χ0v) is 8.83. The van der Waals surface area contributed by atoms with Gasteiger partial charge >= 0.3 is 0 Å². The van der Waals surface area contributed by atoms with Gasteiger partial charge in [0.05, 0.1) is 11.9 Å². The molecule has 0 aromatic carbocycles. The van der Waals surface area contributed by atoms with Gasteiger partial charge in [-0.2, -0.15) is 0 Å². The molecule has 1 aliphatic rings. The van der Waals surface area contributed by atoms with Crippen LogP contribution in [-0.2, 0) is 0 Å². The van der Waals surface area contributed by atoms with Crippen LogP contribution in [0, 0.1) is 6.92 Å². The van der Waals surface area contributed by atoms with E-state index in [1.54, 1.807) is 0 Å². The van der Waals surface area contributed by atoms with E-state index in [1.807, 2.05) is 19.4 Å². The fourth-order valence-corrected chi connectivity index (χ4v) is 2.00. The van der Waals surface area contributed by atoms with Gasteiger partial charge in [0.2, 0.25) is 0 Å². The van der Waals surface area contributed by atoms with Gasteiger partial charge in [0.15, 0.2) is 0 Å². The number of pyridine rings is 1. The Labute approximate surface area is 85.1 Å². The van der Waals surface area contributed by atoms with Gasteiger partial charge in [-0.25, -0.2) is 0 Å².